The van der Waals surface area contributed by atoms with Crippen LogP contribution in [-0.4, -0.2) is 31.0 Å². The second-order valence-corrected chi connectivity index (χ2v) is 4.87. The van der Waals surface area contributed by atoms with Crippen molar-refractivity contribution in [2.24, 2.45) is 0 Å². The van der Waals surface area contributed by atoms with Crippen molar-refractivity contribution >= 4 is 17.2 Å². The summed E-state index contributed by atoms with van der Waals surface area (Å²) in [7, 11) is 1.80. The summed E-state index contributed by atoms with van der Waals surface area (Å²) in [6.45, 7) is 1.07. The molecule has 0 bridgehead atoms. The van der Waals surface area contributed by atoms with Crippen molar-refractivity contribution in [3.8, 4) is 0 Å². The van der Waals surface area contributed by atoms with Gasteiger partial charge in [0.15, 0.2) is 5.69 Å². The number of carbonyl (C=O) groups is 1. The molecule has 0 atom stereocenters. The molecule has 19 heavy (non-hydrogen) atoms. The lowest BCUT2D eigenvalue weighted by molar-refractivity contribution is -0.140. The van der Waals surface area contributed by atoms with Gasteiger partial charge in [-0.25, -0.2) is 4.98 Å². The fraction of sp³-hybridized carbons (Fsp3) is 0.636. The standard InChI is InChI=1S/C11H16F3N3OS/c1-15-5-2-3-9(18)16-6-4-10-17-8(7-19-10)11(12,13)14/h7,15H,2-6H2,1H3,(H,16,18). The Morgan fingerprint density at radius 3 is 2.74 bits per heavy atom. The molecule has 0 saturated heterocycles. The SMILES string of the molecule is CNCCCC(=O)NCCc1nc(C(F)(F)F)cs1. The van der Waals surface area contributed by atoms with Crippen molar-refractivity contribution in [2.75, 3.05) is 20.1 Å². The maximum Gasteiger partial charge on any atom is 0.434 e. The van der Waals surface area contributed by atoms with Gasteiger partial charge in [-0.15, -0.1) is 11.3 Å². The molecule has 1 aromatic heterocycles. The van der Waals surface area contributed by atoms with E-state index in [1.807, 2.05) is 0 Å². The van der Waals surface area contributed by atoms with Gasteiger partial charge in [0, 0.05) is 24.8 Å². The monoisotopic (exact) mass is 295 g/mol. The Bertz CT molecular complexity index is 406. The van der Waals surface area contributed by atoms with E-state index in [9.17, 15) is 18.0 Å². The number of nitrogens with zero attached hydrogens (tertiary/aromatic N) is 1. The molecule has 108 valence electrons. The molecule has 0 saturated carbocycles. The summed E-state index contributed by atoms with van der Waals surface area (Å²) < 4.78 is 36.9. The lowest BCUT2D eigenvalue weighted by Crippen LogP contribution is -2.26. The predicted molar refractivity (Wildman–Crippen MR) is 67.0 cm³/mol. The summed E-state index contributed by atoms with van der Waals surface area (Å²) in [4.78, 5) is 14.8. The third kappa shape index (κ3) is 6.02. The maximum atomic E-state index is 12.3. The Kier molecular flexibility index (Phi) is 6.23. The zero-order chi connectivity index (χ0) is 14.3. The van der Waals surface area contributed by atoms with E-state index < -0.39 is 11.9 Å². The molecule has 0 aliphatic heterocycles. The Morgan fingerprint density at radius 2 is 2.16 bits per heavy atom. The van der Waals surface area contributed by atoms with Gasteiger partial charge in [-0.05, 0) is 20.0 Å². The summed E-state index contributed by atoms with van der Waals surface area (Å²) in [5, 5.41) is 6.95. The average Bonchev–Trinajstić information content (AvgIpc) is 2.78. The van der Waals surface area contributed by atoms with Crippen LogP contribution in [0.15, 0.2) is 5.38 Å². The van der Waals surface area contributed by atoms with Gasteiger partial charge in [-0.1, -0.05) is 0 Å². The van der Waals surface area contributed by atoms with Crippen molar-refractivity contribution in [3.63, 3.8) is 0 Å². The van der Waals surface area contributed by atoms with Crippen molar-refractivity contribution < 1.29 is 18.0 Å². The number of nitrogens with one attached hydrogen (secondary N) is 2. The van der Waals surface area contributed by atoms with Gasteiger partial charge in [0.05, 0.1) is 5.01 Å². The van der Waals surface area contributed by atoms with E-state index in [-0.39, 0.29) is 5.91 Å². The first-order valence-electron chi connectivity index (χ1n) is 5.86. The normalized spacial score (nSPS) is 11.6. The zero-order valence-corrected chi connectivity index (χ0v) is 11.3. The number of thiazole rings is 1. The van der Waals surface area contributed by atoms with Gasteiger partial charge in [-0.2, -0.15) is 13.2 Å². The maximum absolute atomic E-state index is 12.3. The summed E-state index contributed by atoms with van der Waals surface area (Å²) in [5.74, 6) is -0.0946. The minimum atomic E-state index is -4.40. The summed E-state index contributed by atoms with van der Waals surface area (Å²) >= 11 is 0.957. The van der Waals surface area contributed by atoms with Crippen LogP contribution in [-0.2, 0) is 17.4 Å². The lowest BCUT2D eigenvalue weighted by Gasteiger charge is -2.03. The summed E-state index contributed by atoms with van der Waals surface area (Å²) in [6, 6.07) is 0. The van der Waals surface area contributed by atoms with Gasteiger partial charge in [0.25, 0.3) is 0 Å². The van der Waals surface area contributed by atoms with E-state index in [4.69, 9.17) is 0 Å². The van der Waals surface area contributed by atoms with E-state index in [2.05, 4.69) is 15.6 Å². The number of carbonyl (C=O) groups excluding carboxylic acids is 1. The van der Waals surface area contributed by atoms with Crippen molar-refractivity contribution in [2.45, 2.75) is 25.4 Å². The third-order valence-electron chi connectivity index (χ3n) is 2.33. The molecular weight excluding hydrogens is 279 g/mol. The van der Waals surface area contributed by atoms with Gasteiger partial charge >= 0.3 is 6.18 Å². The Morgan fingerprint density at radius 1 is 1.42 bits per heavy atom. The van der Waals surface area contributed by atoms with E-state index in [1.54, 1.807) is 7.05 Å². The molecule has 0 aromatic carbocycles. The van der Waals surface area contributed by atoms with Crippen LogP contribution in [0.5, 0.6) is 0 Å². The molecule has 0 aliphatic carbocycles. The van der Waals surface area contributed by atoms with Gasteiger partial charge in [0.2, 0.25) is 5.91 Å². The first-order valence-corrected chi connectivity index (χ1v) is 6.74. The molecule has 4 nitrogen and oxygen atoms in total. The Balaban J connectivity index is 2.26. The molecule has 0 aliphatic rings. The second kappa shape index (κ2) is 7.44. The molecule has 1 rings (SSSR count). The van der Waals surface area contributed by atoms with E-state index in [0.717, 1.165) is 29.7 Å². The molecule has 1 heterocycles. The molecule has 0 spiro atoms. The van der Waals surface area contributed by atoms with Crippen molar-refractivity contribution in [1.29, 1.82) is 0 Å². The van der Waals surface area contributed by atoms with Crippen LogP contribution in [0.1, 0.15) is 23.5 Å². The van der Waals surface area contributed by atoms with Crippen LogP contribution in [0, 0.1) is 0 Å². The molecule has 8 heteroatoms. The highest BCUT2D eigenvalue weighted by Gasteiger charge is 2.33. The summed E-state index contributed by atoms with van der Waals surface area (Å²) in [5.41, 5.74) is -0.868. The topological polar surface area (TPSA) is 54.0 Å². The molecule has 2 N–H and O–H groups in total. The minimum absolute atomic E-state index is 0.0946. The Hall–Kier alpha value is -1.15. The quantitative estimate of drug-likeness (QED) is 0.755. The number of amides is 1. The number of hydrogen-bond acceptors (Lipinski definition) is 4. The predicted octanol–water partition coefficient (Wildman–Crippen LogP) is 1.82. The van der Waals surface area contributed by atoms with Crippen molar-refractivity contribution in [1.82, 2.24) is 15.6 Å². The zero-order valence-electron chi connectivity index (χ0n) is 10.5. The fourth-order valence-corrected chi connectivity index (χ4v) is 2.18. The summed E-state index contributed by atoms with van der Waals surface area (Å²) in [6.07, 6.45) is -2.94. The largest absolute Gasteiger partial charge is 0.434 e. The van der Waals surface area contributed by atoms with Crippen molar-refractivity contribution in [3.05, 3.63) is 16.1 Å². The fourth-order valence-electron chi connectivity index (χ4n) is 1.38. The van der Waals surface area contributed by atoms with Gasteiger partial charge in [-0.3, -0.25) is 4.79 Å². The molecule has 0 radical (unpaired) electrons. The number of rotatable bonds is 7. The van der Waals surface area contributed by atoms with Crippen LogP contribution < -0.4 is 10.6 Å². The van der Waals surface area contributed by atoms with Gasteiger partial charge in [0.1, 0.15) is 0 Å². The number of alkyl halides is 3. The molecule has 1 amide bonds. The Labute approximate surface area is 113 Å². The van der Waals surface area contributed by atoms with E-state index >= 15 is 0 Å². The second-order valence-electron chi connectivity index (χ2n) is 3.93. The van der Waals surface area contributed by atoms with Crippen LogP contribution in [0.4, 0.5) is 13.2 Å². The van der Waals surface area contributed by atoms with E-state index in [1.165, 1.54) is 0 Å². The molecule has 0 unspecified atom stereocenters. The highest BCUT2D eigenvalue weighted by molar-refractivity contribution is 7.09. The highest BCUT2D eigenvalue weighted by Crippen LogP contribution is 2.29. The molecule has 0 fully saturated rings. The number of aromatic nitrogens is 1. The lowest BCUT2D eigenvalue weighted by atomic mass is 10.3. The van der Waals surface area contributed by atoms with Crippen LogP contribution in [0.25, 0.3) is 0 Å². The minimum Gasteiger partial charge on any atom is -0.356 e. The highest BCUT2D eigenvalue weighted by atomic mass is 32.1. The molecule has 1 aromatic rings. The number of halogens is 3. The number of hydrogen-bond donors (Lipinski definition) is 2. The van der Waals surface area contributed by atoms with E-state index in [0.29, 0.717) is 24.4 Å². The van der Waals surface area contributed by atoms with Gasteiger partial charge < -0.3 is 10.6 Å². The average molecular weight is 295 g/mol. The van der Waals surface area contributed by atoms with Crippen LogP contribution >= 0.6 is 11.3 Å². The first kappa shape index (κ1) is 15.9. The molecular formula is C11H16F3N3OS. The van der Waals surface area contributed by atoms with Crippen LogP contribution in [0.3, 0.4) is 0 Å². The smallest absolute Gasteiger partial charge is 0.356 e. The third-order valence-corrected chi connectivity index (χ3v) is 3.24. The van der Waals surface area contributed by atoms with Crippen LogP contribution in [0.2, 0.25) is 0 Å². The first-order chi connectivity index (χ1) is 8.93.